The number of fused-ring (bicyclic) bond motifs is 1. The highest BCUT2D eigenvalue weighted by Crippen LogP contribution is 2.44. The highest BCUT2D eigenvalue weighted by atomic mass is 35.5. The number of hydrogen-bond donors (Lipinski definition) is 2. The van der Waals surface area contributed by atoms with E-state index in [0.29, 0.717) is 27.9 Å². The summed E-state index contributed by atoms with van der Waals surface area (Å²) in [6, 6.07) is 9.65. The Hall–Kier alpha value is -2.95. The molecule has 3 aromatic rings. The van der Waals surface area contributed by atoms with E-state index in [-0.39, 0.29) is 23.3 Å². The Bertz CT molecular complexity index is 1370. The molecule has 2 aliphatic heterocycles. The number of carbonyl (C=O) groups is 3. The van der Waals surface area contributed by atoms with Crippen LogP contribution < -0.4 is 15.5 Å². The highest BCUT2D eigenvalue weighted by molar-refractivity contribution is 7.18. The first-order valence-electron chi connectivity index (χ1n) is 12.3. The van der Waals surface area contributed by atoms with Gasteiger partial charge in [0.2, 0.25) is 0 Å². The van der Waals surface area contributed by atoms with Gasteiger partial charge < -0.3 is 15.5 Å². The number of nitrogens with one attached hydrogen (secondary N) is 2. The third-order valence-electron chi connectivity index (χ3n) is 7.67. The lowest BCUT2D eigenvalue weighted by Gasteiger charge is -2.42. The molecule has 1 saturated carbocycles. The summed E-state index contributed by atoms with van der Waals surface area (Å²) in [5.41, 5.74) is 1.78. The van der Waals surface area contributed by atoms with Gasteiger partial charge in [-0.25, -0.2) is 14.7 Å². The molecule has 4 heterocycles. The first-order valence-corrected chi connectivity index (χ1v) is 14.3. The molecule has 11 heteroatoms. The number of thiazole rings is 1. The zero-order valence-corrected chi connectivity index (χ0v) is 22.6. The van der Waals surface area contributed by atoms with Crippen molar-refractivity contribution < 1.29 is 14.4 Å². The van der Waals surface area contributed by atoms with E-state index in [4.69, 9.17) is 11.6 Å². The SMILES string of the molecule is Cc1cnc(NCC2(c3ccc(N4C(=O)[C@@H]5[C@H](NC(=O)c6ccc(Cl)s6)CCN5C4=O)cc3)CCC2)s1. The minimum atomic E-state index is -0.699. The quantitative estimate of drug-likeness (QED) is 0.398. The predicted octanol–water partition coefficient (Wildman–Crippen LogP) is 5.04. The fourth-order valence-electron chi connectivity index (χ4n) is 5.55. The lowest BCUT2D eigenvalue weighted by Crippen LogP contribution is -2.46. The fourth-order valence-corrected chi connectivity index (χ4v) is 7.15. The van der Waals surface area contributed by atoms with Gasteiger partial charge in [0, 0.05) is 29.6 Å². The van der Waals surface area contributed by atoms with E-state index < -0.39 is 12.1 Å². The molecule has 2 N–H and O–H groups in total. The summed E-state index contributed by atoms with van der Waals surface area (Å²) in [5, 5.41) is 7.36. The fraction of sp³-hybridized carbons (Fsp3) is 0.385. The lowest BCUT2D eigenvalue weighted by atomic mass is 9.64. The Morgan fingerprint density at radius 2 is 1.95 bits per heavy atom. The van der Waals surface area contributed by atoms with Gasteiger partial charge in [-0.2, -0.15) is 0 Å². The number of anilines is 2. The minimum Gasteiger partial charge on any atom is -0.361 e. The Morgan fingerprint density at radius 1 is 1.16 bits per heavy atom. The number of imide groups is 1. The summed E-state index contributed by atoms with van der Waals surface area (Å²) >= 11 is 8.79. The van der Waals surface area contributed by atoms with Crippen molar-refractivity contribution in [1.29, 1.82) is 0 Å². The Morgan fingerprint density at radius 3 is 2.57 bits per heavy atom. The van der Waals surface area contributed by atoms with Crippen molar-refractivity contribution in [3.05, 3.63) is 62.2 Å². The van der Waals surface area contributed by atoms with Crippen LogP contribution in [0, 0.1) is 6.92 Å². The zero-order chi connectivity index (χ0) is 25.7. The van der Waals surface area contributed by atoms with Crippen LogP contribution in [0.4, 0.5) is 15.6 Å². The average molecular weight is 556 g/mol. The first-order chi connectivity index (χ1) is 17.8. The number of thiophene rings is 1. The molecule has 192 valence electrons. The molecule has 0 radical (unpaired) electrons. The number of aromatic nitrogens is 1. The molecular formula is C26H26ClN5O3S2. The zero-order valence-electron chi connectivity index (χ0n) is 20.2. The molecule has 1 aliphatic carbocycles. The summed E-state index contributed by atoms with van der Waals surface area (Å²) in [6.45, 7) is 3.26. The molecule has 2 aromatic heterocycles. The van der Waals surface area contributed by atoms with Gasteiger partial charge in [-0.05, 0) is 56.0 Å². The largest absolute Gasteiger partial charge is 0.361 e. The van der Waals surface area contributed by atoms with Crippen molar-refractivity contribution in [3.63, 3.8) is 0 Å². The molecule has 6 rings (SSSR count). The molecule has 0 bridgehead atoms. The van der Waals surface area contributed by atoms with Crippen molar-refractivity contribution in [3.8, 4) is 0 Å². The van der Waals surface area contributed by atoms with Crippen molar-refractivity contribution in [2.75, 3.05) is 23.3 Å². The van der Waals surface area contributed by atoms with Crippen LogP contribution in [0.15, 0.2) is 42.6 Å². The third-order valence-corrected chi connectivity index (χ3v) is 9.77. The van der Waals surface area contributed by atoms with Crippen LogP contribution in [-0.4, -0.2) is 52.9 Å². The molecule has 8 nitrogen and oxygen atoms in total. The van der Waals surface area contributed by atoms with Crippen molar-refractivity contribution in [1.82, 2.24) is 15.2 Å². The van der Waals surface area contributed by atoms with Gasteiger partial charge >= 0.3 is 6.03 Å². The van der Waals surface area contributed by atoms with Crippen LogP contribution in [0.25, 0.3) is 0 Å². The number of hydrogen-bond acceptors (Lipinski definition) is 7. The van der Waals surface area contributed by atoms with E-state index in [1.807, 2.05) is 37.4 Å². The summed E-state index contributed by atoms with van der Waals surface area (Å²) in [6.07, 6.45) is 5.74. The summed E-state index contributed by atoms with van der Waals surface area (Å²) in [4.78, 5) is 48.2. The molecule has 0 unspecified atom stereocenters. The molecule has 3 fully saturated rings. The predicted molar refractivity (Wildman–Crippen MR) is 146 cm³/mol. The Kier molecular flexibility index (Phi) is 6.21. The smallest absolute Gasteiger partial charge is 0.332 e. The summed E-state index contributed by atoms with van der Waals surface area (Å²) in [7, 11) is 0. The maximum absolute atomic E-state index is 13.4. The van der Waals surface area contributed by atoms with Crippen molar-refractivity contribution in [2.45, 2.75) is 50.1 Å². The van der Waals surface area contributed by atoms with Crippen molar-refractivity contribution >= 4 is 62.9 Å². The van der Waals surface area contributed by atoms with Crippen LogP contribution in [0.5, 0.6) is 0 Å². The normalized spacial score (nSPS) is 22.2. The molecule has 1 aromatic carbocycles. The monoisotopic (exact) mass is 555 g/mol. The highest BCUT2D eigenvalue weighted by Gasteiger charge is 2.53. The van der Waals surface area contributed by atoms with Gasteiger partial charge in [-0.3, -0.25) is 9.59 Å². The second kappa shape index (κ2) is 9.41. The van der Waals surface area contributed by atoms with Crippen LogP contribution in [0.1, 0.15) is 45.8 Å². The second-order valence-electron chi connectivity index (χ2n) is 9.88. The van der Waals surface area contributed by atoms with E-state index in [1.54, 1.807) is 28.4 Å². The number of urea groups is 1. The minimum absolute atomic E-state index is 0.0250. The average Bonchev–Trinajstić information content (AvgIpc) is 3.62. The van der Waals surface area contributed by atoms with Gasteiger partial charge in [0.25, 0.3) is 11.8 Å². The number of rotatable bonds is 7. The molecule has 37 heavy (non-hydrogen) atoms. The van der Waals surface area contributed by atoms with Gasteiger partial charge in [-0.1, -0.05) is 30.2 Å². The van der Waals surface area contributed by atoms with E-state index >= 15 is 0 Å². The number of aryl methyl sites for hydroxylation is 1. The van der Waals surface area contributed by atoms with Crippen LogP contribution in [0.2, 0.25) is 4.34 Å². The summed E-state index contributed by atoms with van der Waals surface area (Å²) in [5.74, 6) is -0.581. The number of benzene rings is 1. The Balaban J connectivity index is 1.16. The number of amides is 4. The van der Waals surface area contributed by atoms with E-state index in [9.17, 15) is 14.4 Å². The molecular weight excluding hydrogens is 530 g/mol. The standard InChI is InChI=1S/C26H26ClN5O3S2/c1-15-13-28-24(36-15)29-14-26(10-2-11-26)16-3-5-17(6-4-16)32-23(34)21-18(9-12-31(21)25(32)35)30-22(33)19-7-8-20(27)37-19/h3-8,13,18,21H,2,9-12,14H2,1H3,(H,28,29)(H,30,33)/t18-,21+/m1/s1. The molecule has 2 atom stereocenters. The van der Waals surface area contributed by atoms with E-state index in [0.717, 1.165) is 24.5 Å². The topological polar surface area (TPSA) is 94.6 Å². The van der Waals surface area contributed by atoms with Crippen LogP contribution >= 0.6 is 34.3 Å². The Labute approximate surface area is 227 Å². The first kappa shape index (κ1) is 24.4. The number of halogens is 1. The van der Waals surface area contributed by atoms with Crippen LogP contribution in [-0.2, 0) is 10.2 Å². The lowest BCUT2D eigenvalue weighted by molar-refractivity contribution is -0.119. The van der Waals surface area contributed by atoms with Gasteiger partial charge in [0.15, 0.2) is 5.13 Å². The van der Waals surface area contributed by atoms with E-state index in [1.165, 1.54) is 33.1 Å². The molecule has 2 saturated heterocycles. The van der Waals surface area contributed by atoms with E-state index in [2.05, 4.69) is 15.6 Å². The second-order valence-corrected chi connectivity index (χ2v) is 12.8. The van der Waals surface area contributed by atoms with Gasteiger partial charge in [-0.15, -0.1) is 22.7 Å². The van der Waals surface area contributed by atoms with Crippen LogP contribution in [0.3, 0.4) is 0 Å². The van der Waals surface area contributed by atoms with Gasteiger partial charge in [0.1, 0.15) is 6.04 Å². The maximum Gasteiger partial charge on any atom is 0.332 e. The number of nitrogens with zero attached hydrogens (tertiary/aromatic N) is 3. The number of carbonyl (C=O) groups excluding carboxylic acids is 3. The van der Waals surface area contributed by atoms with Gasteiger partial charge in [0.05, 0.1) is 20.9 Å². The molecule has 4 amide bonds. The van der Waals surface area contributed by atoms with Crippen molar-refractivity contribution in [2.24, 2.45) is 0 Å². The molecule has 0 spiro atoms. The summed E-state index contributed by atoms with van der Waals surface area (Å²) < 4.78 is 0.526. The maximum atomic E-state index is 13.4. The molecule has 3 aliphatic rings. The third kappa shape index (κ3) is 4.30.